The molecular weight excluding hydrogens is 356 g/mol. The van der Waals surface area contributed by atoms with E-state index in [1.807, 2.05) is 4.90 Å². The second kappa shape index (κ2) is 10.0. The van der Waals surface area contributed by atoms with Gasteiger partial charge in [-0.3, -0.25) is 14.5 Å². The van der Waals surface area contributed by atoms with Crippen LogP contribution in [-0.4, -0.2) is 72.7 Å². The zero-order chi connectivity index (χ0) is 19.9. The van der Waals surface area contributed by atoms with E-state index in [9.17, 15) is 9.59 Å². The number of likely N-dealkylation sites (N-methyl/N-ethyl adjacent to an activating group) is 1. The second-order valence-corrected chi connectivity index (χ2v) is 8.26. The number of carboxylic acids is 1. The van der Waals surface area contributed by atoms with Crippen molar-refractivity contribution in [3.8, 4) is 0 Å². The molecule has 0 radical (unpaired) electrons. The summed E-state index contributed by atoms with van der Waals surface area (Å²) in [5, 5.41) is 8.88. The number of carbonyl (C=O) groups excluding carboxylic acids is 1. The van der Waals surface area contributed by atoms with Crippen LogP contribution in [0.3, 0.4) is 0 Å². The molecule has 1 aliphatic carbocycles. The molecule has 1 saturated carbocycles. The first-order valence-corrected chi connectivity index (χ1v) is 10.4. The first-order valence-electron chi connectivity index (χ1n) is 10.4. The molecule has 1 aromatic carbocycles. The third-order valence-corrected chi connectivity index (χ3v) is 5.99. The number of amides is 1. The van der Waals surface area contributed by atoms with Crippen LogP contribution in [0.1, 0.15) is 43.6 Å². The minimum absolute atomic E-state index is 0.0154. The fraction of sp³-hybridized carbons (Fsp3) is 0.636. The SMILES string of the molecule is CN(CC(=O)O)CC1CN(C(=O)CC2CCC(c3ccccc3)CC2)CCO1. The van der Waals surface area contributed by atoms with Gasteiger partial charge in [0.25, 0.3) is 0 Å². The molecular formula is C22H32N2O4. The lowest BCUT2D eigenvalue weighted by atomic mass is 9.77. The van der Waals surface area contributed by atoms with Gasteiger partial charge in [-0.15, -0.1) is 0 Å². The summed E-state index contributed by atoms with van der Waals surface area (Å²) in [7, 11) is 1.77. The molecule has 0 spiro atoms. The monoisotopic (exact) mass is 388 g/mol. The summed E-state index contributed by atoms with van der Waals surface area (Å²) in [6, 6.07) is 10.7. The first-order chi connectivity index (χ1) is 13.5. The maximum atomic E-state index is 12.8. The summed E-state index contributed by atoms with van der Waals surface area (Å²) < 4.78 is 5.74. The first kappa shape index (κ1) is 20.8. The molecule has 1 amide bonds. The molecule has 1 heterocycles. The number of morpholine rings is 1. The molecule has 1 atom stereocenters. The van der Waals surface area contributed by atoms with Gasteiger partial charge in [0.05, 0.1) is 19.3 Å². The molecule has 0 aromatic heterocycles. The van der Waals surface area contributed by atoms with Crippen LogP contribution in [0, 0.1) is 5.92 Å². The predicted molar refractivity (Wildman–Crippen MR) is 107 cm³/mol. The highest BCUT2D eigenvalue weighted by molar-refractivity contribution is 5.76. The molecule has 1 aromatic rings. The van der Waals surface area contributed by atoms with Crippen LogP contribution in [0.5, 0.6) is 0 Å². The van der Waals surface area contributed by atoms with Gasteiger partial charge in [-0.25, -0.2) is 0 Å². The van der Waals surface area contributed by atoms with Crippen molar-refractivity contribution in [1.29, 1.82) is 0 Å². The van der Waals surface area contributed by atoms with Crippen molar-refractivity contribution in [3.63, 3.8) is 0 Å². The molecule has 154 valence electrons. The fourth-order valence-electron chi connectivity index (χ4n) is 4.50. The Morgan fingerprint density at radius 1 is 1.18 bits per heavy atom. The van der Waals surface area contributed by atoms with Crippen molar-refractivity contribution < 1.29 is 19.4 Å². The van der Waals surface area contributed by atoms with Gasteiger partial charge >= 0.3 is 5.97 Å². The molecule has 28 heavy (non-hydrogen) atoms. The second-order valence-electron chi connectivity index (χ2n) is 8.26. The van der Waals surface area contributed by atoms with Crippen LogP contribution < -0.4 is 0 Å². The Labute approximate surface area is 167 Å². The van der Waals surface area contributed by atoms with Gasteiger partial charge in [0.1, 0.15) is 0 Å². The van der Waals surface area contributed by atoms with Crippen molar-refractivity contribution >= 4 is 11.9 Å². The van der Waals surface area contributed by atoms with E-state index < -0.39 is 5.97 Å². The highest BCUT2D eigenvalue weighted by Gasteiger charge is 2.29. The fourth-order valence-corrected chi connectivity index (χ4v) is 4.50. The Bertz CT molecular complexity index is 643. The number of hydrogen-bond donors (Lipinski definition) is 1. The topological polar surface area (TPSA) is 70.1 Å². The largest absolute Gasteiger partial charge is 0.480 e. The van der Waals surface area contributed by atoms with Crippen LogP contribution in [0.25, 0.3) is 0 Å². The van der Waals surface area contributed by atoms with E-state index in [2.05, 4.69) is 30.3 Å². The molecule has 0 bridgehead atoms. The van der Waals surface area contributed by atoms with Crippen molar-refractivity contribution in [2.24, 2.45) is 5.92 Å². The summed E-state index contributed by atoms with van der Waals surface area (Å²) >= 11 is 0. The lowest BCUT2D eigenvalue weighted by Gasteiger charge is -2.36. The lowest BCUT2D eigenvalue weighted by molar-refractivity contribution is -0.143. The third-order valence-electron chi connectivity index (χ3n) is 5.99. The average molecular weight is 389 g/mol. The minimum Gasteiger partial charge on any atom is -0.480 e. The van der Waals surface area contributed by atoms with Crippen LogP contribution in [0.2, 0.25) is 0 Å². The Morgan fingerprint density at radius 3 is 2.57 bits per heavy atom. The highest BCUT2D eigenvalue weighted by Crippen LogP contribution is 2.37. The number of nitrogens with zero attached hydrogens (tertiary/aromatic N) is 2. The number of aliphatic carboxylic acids is 1. The molecule has 1 unspecified atom stereocenters. The van der Waals surface area contributed by atoms with Gasteiger partial charge in [0.2, 0.25) is 5.91 Å². The molecule has 3 rings (SSSR count). The van der Waals surface area contributed by atoms with Gasteiger partial charge in [-0.2, -0.15) is 0 Å². The summed E-state index contributed by atoms with van der Waals surface area (Å²) in [4.78, 5) is 27.2. The molecule has 2 fully saturated rings. The molecule has 6 heteroatoms. The quantitative estimate of drug-likeness (QED) is 0.777. The van der Waals surface area contributed by atoms with Crippen molar-refractivity contribution in [3.05, 3.63) is 35.9 Å². The number of hydrogen-bond acceptors (Lipinski definition) is 4. The number of ether oxygens (including phenoxy) is 1. The lowest BCUT2D eigenvalue weighted by Crippen LogP contribution is -2.50. The molecule has 1 saturated heterocycles. The van der Waals surface area contributed by atoms with Crippen LogP contribution in [-0.2, 0) is 14.3 Å². The van der Waals surface area contributed by atoms with Gasteiger partial charge in [-0.05, 0) is 50.1 Å². The maximum Gasteiger partial charge on any atom is 0.317 e. The van der Waals surface area contributed by atoms with E-state index in [-0.39, 0.29) is 18.6 Å². The van der Waals surface area contributed by atoms with Crippen LogP contribution >= 0.6 is 0 Å². The average Bonchev–Trinajstić information content (AvgIpc) is 2.69. The Morgan fingerprint density at radius 2 is 1.89 bits per heavy atom. The normalized spacial score (nSPS) is 25.6. The smallest absolute Gasteiger partial charge is 0.317 e. The third kappa shape index (κ3) is 6.04. The standard InChI is InChI=1S/C22H32N2O4/c1-23(16-22(26)27)14-20-15-24(11-12-28-20)21(25)13-17-7-9-19(10-8-17)18-5-3-2-4-6-18/h2-6,17,19-20H,7-16H2,1H3,(H,26,27). The van der Waals surface area contributed by atoms with E-state index in [4.69, 9.17) is 9.84 Å². The van der Waals surface area contributed by atoms with Crippen LogP contribution in [0.4, 0.5) is 0 Å². The van der Waals surface area contributed by atoms with E-state index in [0.717, 1.165) is 25.7 Å². The van der Waals surface area contributed by atoms with Gasteiger partial charge in [0, 0.05) is 26.1 Å². The highest BCUT2D eigenvalue weighted by atomic mass is 16.5. The molecule has 6 nitrogen and oxygen atoms in total. The zero-order valence-corrected chi connectivity index (χ0v) is 16.8. The van der Waals surface area contributed by atoms with E-state index in [1.165, 1.54) is 5.56 Å². The number of carboxylic acid groups (broad SMARTS) is 1. The number of rotatable bonds is 7. The van der Waals surface area contributed by atoms with Gasteiger partial charge < -0.3 is 14.7 Å². The zero-order valence-electron chi connectivity index (χ0n) is 16.8. The summed E-state index contributed by atoms with van der Waals surface area (Å²) in [6.07, 6.45) is 5.05. The molecule has 2 aliphatic rings. The van der Waals surface area contributed by atoms with Gasteiger partial charge in [0.15, 0.2) is 0 Å². The summed E-state index contributed by atoms with van der Waals surface area (Å²) in [5.41, 5.74) is 1.42. The Kier molecular flexibility index (Phi) is 7.45. The predicted octanol–water partition coefficient (Wildman–Crippen LogP) is 2.59. The summed E-state index contributed by atoms with van der Waals surface area (Å²) in [6.45, 7) is 2.23. The van der Waals surface area contributed by atoms with Crippen LogP contribution in [0.15, 0.2) is 30.3 Å². The van der Waals surface area contributed by atoms with Gasteiger partial charge in [-0.1, -0.05) is 30.3 Å². The summed E-state index contributed by atoms with van der Waals surface area (Å²) in [5.74, 6) is 0.475. The van der Waals surface area contributed by atoms with Crippen molar-refractivity contribution in [1.82, 2.24) is 9.80 Å². The van der Waals surface area contributed by atoms with E-state index in [1.54, 1.807) is 11.9 Å². The van der Waals surface area contributed by atoms with E-state index in [0.29, 0.717) is 44.5 Å². The number of carbonyl (C=O) groups is 2. The van der Waals surface area contributed by atoms with Crippen molar-refractivity contribution in [2.45, 2.75) is 44.1 Å². The Balaban J connectivity index is 1.42. The Hall–Kier alpha value is -1.92. The maximum absolute atomic E-state index is 12.8. The molecule has 1 N–H and O–H groups in total. The number of benzene rings is 1. The molecule has 1 aliphatic heterocycles. The van der Waals surface area contributed by atoms with Crippen molar-refractivity contribution in [2.75, 3.05) is 39.8 Å². The minimum atomic E-state index is -0.850. The van der Waals surface area contributed by atoms with E-state index >= 15 is 0 Å².